The zero-order chi connectivity index (χ0) is 15.6. The number of aromatic nitrogens is 2. The van der Waals surface area contributed by atoms with Crippen molar-refractivity contribution in [2.75, 3.05) is 4.72 Å². The number of aryl methyl sites for hydroxylation is 1. The number of nitrogens with one attached hydrogen (secondary N) is 2. The van der Waals surface area contributed by atoms with Crippen LogP contribution in [0.4, 0.5) is 5.69 Å². The second-order valence-electron chi connectivity index (χ2n) is 4.15. The summed E-state index contributed by atoms with van der Waals surface area (Å²) in [5.74, 6) is -0.602. The van der Waals surface area contributed by atoms with Crippen LogP contribution in [0.25, 0.3) is 0 Å². The Morgan fingerprint density at radius 1 is 1.48 bits per heavy atom. The van der Waals surface area contributed by atoms with Crippen LogP contribution in [0, 0.1) is 0 Å². The highest BCUT2D eigenvalue weighted by Gasteiger charge is 2.18. The van der Waals surface area contributed by atoms with E-state index < -0.39 is 16.0 Å². The van der Waals surface area contributed by atoms with Crippen LogP contribution in [0.3, 0.4) is 0 Å². The number of aromatic carboxylic acids is 1. The van der Waals surface area contributed by atoms with Crippen LogP contribution in [-0.2, 0) is 16.4 Å². The first-order chi connectivity index (χ1) is 9.83. The van der Waals surface area contributed by atoms with Gasteiger partial charge in [0.1, 0.15) is 5.82 Å². The molecule has 2 aromatic rings. The van der Waals surface area contributed by atoms with Crippen molar-refractivity contribution in [2.24, 2.45) is 0 Å². The Morgan fingerprint density at radius 2 is 2.19 bits per heavy atom. The summed E-state index contributed by atoms with van der Waals surface area (Å²) in [5, 5.41) is 8.95. The molecule has 0 saturated carbocycles. The topological polar surface area (TPSA) is 112 Å². The number of nitrogens with zero attached hydrogens (tertiary/aromatic N) is 1. The maximum Gasteiger partial charge on any atom is 0.336 e. The largest absolute Gasteiger partial charge is 0.478 e. The Labute approximate surface area is 129 Å². The average molecular weight is 374 g/mol. The van der Waals surface area contributed by atoms with E-state index in [1.807, 2.05) is 6.92 Å². The van der Waals surface area contributed by atoms with Gasteiger partial charge in [0.2, 0.25) is 0 Å². The molecule has 0 radical (unpaired) electrons. The van der Waals surface area contributed by atoms with E-state index in [0.717, 1.165) is 0 Å². The molecule has 112 valence electrons. The number of hydrogen-bond acceptors (Lipinski definition) is 4. The molecule has 0 spiro atoms. The van der Waals surface area contributed by atoms with Gasteiger partial charge in [-0.3, -0.25) is 4.72 Å². The maximum absolute atomic E-state index is 12.2. The molecule has 1 aromatic heterocycles. The number of H-pyrrole nitrogens is 1. The van der Waals surface area contributed by atoms with Crippen molar-refractivity contribution in [3.63, 3.8) is 0 Å². The van der Waals surface area contributed by atoms with Crippen molar-refractivity contribution in [2.45, 2.75) is 18.4 Å². The fraction of sp³-hybridized carbons (Fsp3) is 0.167. The number of aromatic amines is 1. The second-order valence-corrected chi connectivity index (χ2v) is 6.66. The molecule has 0 bridgehead atoms. The van der Waals surface area contributed by atoms with E-state index in [0.29, 0.717) is 16.7 Å². The Morgan fingerprint density at radius 3 is 2.76 bits per heavy atom. The fourth-order valence-corrected chi connectivity index (χ4v) is 3.03. The van der Waals surface area contributed by atoms with Crippen molar-refractivity contribution in [1.82, 2.24) is 9.97 Å². The molecule has 21 heavy (non-hydrogen) atoms. The van der Waals surface area contributed by atoms with Gasteiger partial charge in [0, 0.05) is 16.6 Å². The summed E-state index contributed by atoms with van der Waals surface area (Å²) >= 11 is 3.09. The van der Waals surface area contributed by atoms with Gasteiger partial charge in [0.15, 0.2) is 5.03 Å². The van der Waals surface area contributed by atoms with Crippen molar-refractivity contribution in [1.29, 1.82) is 0 Å². The third-order valence-corrected chi connectivity index (χ3v) is 4.66. The number of rotatable bonds is 5. The molecule has 0 atom stereocenters. The smallest absolute Gasteiger partial charge is 0.336 e. The fourth-order valence-electron chi connectivity index (χ4n) is 1.62. The first-order valence-electron chi connectivity index (χ1n) is 5.93. The van der Waals surface area contributed by atoms with Crippen LogP contribution in [-0.4, -0.2) is 29.5 Å². The van der Waals surface area contributed by atoms with E-state index in [1.165, 1.54) is 24.4 Å². The van der Waals surface area contributed by atoms with E-state index in [1.54, 1.807) is 0 Å². The van der Waals surface area contributed by atoms with Crippen molar-refractivity contribution in [3.05, 3.63) is 40.3 Å². The lowest BCUT2D eigenvalue weighted by molar-refractivity contribution is 0.0696. The minimum atomic E-state index is -3.83. The molecule has 0 aliphatic rings. The van der Waals surface area contributed by atoms with Crippen molar-refractivity contribution >= 4 is 37.6 Å². The summed E-state index contributed by atoms with van der Waals surface area (Å²) in [6.07, 6.45) is 1.80. The van der Waals surface area contributed by atoms with Gasteiger partial charge in [-0.25, -0.2) is 9.78 Å². The number of halogens is 1. The molecule has 0 aliphatic carbocycles. The van der Waals surface area contributed by atoms with Gasteiger partial charge in [-0.1, -0.05) is 6.92 Å². The lowest BCUT2D eigenvalue weighted by atomic mass is 10.2. The molecule has 0 unspecified atom stereocenters. The van der Waals surface area contributed by atoms with Crippen LogP contribution in [0.15, 0.2) is 33.9 Å². The Hall–Kier alpha value is -1.87. The third-order valence-electron chi connectivity index (χ3n) is 2.68. The average Bonchev–Trinajstić information content (AvgIpc) is 2.90. The monoisotopic (exact) mass is 373 g/mol. The number of carboxylic acids is 1. The van der Waals surface area contributed by atoms with E-state index in [4.69, 9.17) is 5.11 Å². The molecular formula is C12H12BrN3O4S. The summed E-state index contributed by atoms with van der Waals surface area (Å²) in [4.78, 5) is 17.6. The molecule has 7 nitrogen and oxygen atoms in total. The third kappa shape index (κ3) is 3.42. The lowest BCUT2D eigenvalue weighted by Crippen LogP contribution is -2.14. The Balaban J connectivity index is 2.32. The number of imidazole rings is 1. The minimum absolute atomic E-state index is 0.0333. The highest BCUT2D eigenvalue weighted by molar-refractivity contribution is 9.10. The standard InChI is InChI=1S/C12H12BrN3O4S/c1-2-10-14-6-11(15-10)21(19,20)16-7-3-4-9(13)8(5-7)12(17)18/h3-6,16H,2H2,1H3,(H,14,15)(H,17,18). The number of sulfonamides is 1. The van der Waals surface area contributed by atoms with Gasteiger partial charge in [0.05, 0.1) is 11.8 Å². The number of carboxylic acid groups (broad SMARTS) is 1. The summed E-state index contributed by atoms with van der Waals surface area (Å²) < 4.78 is 27.0. The van der Waals surface area contributed by atoms with E-state index in [9.17, 15) is 13.2 Å². The van der Waals surface area contributed by atoms with Crippen LogP contribution in [0.2, 0.25) is 0 Å². The van der Waals surface area contributed by atoms with Gasteiger partial charge in [0.25, 0.3) is 10.0 Å². The molecule has 3 N–H and O–H groups in total. The van der Waals surface area contributed by atoms with Crippen molar-refractivity contribution in [3.8, 4) is 0 Å². The van der Waals surface area contributed by atoms with Gasteiger partial charge in [-0.2, -0.15) is 8.42 Å². The van der Waals surface area contributed by atoms with E-state index in [-0.39, 0.29) is 16.3 Å². The summed E-state index contributed by atoms with van der Waals surface area (Å²) in [6, 6.07) is 4.16. The highest BCUT2D eigenvalue weighted by atomic mass is 79.9. The van der Waals surface area contributed by atoms with Crippen LogP contribution in [0.5, 0.6) is 0 Å². The lowest BCUT2D eigenvalue weighted by Gasteiger charge is -2.08. The number of anilines is 1. The van der Waals surface area contributed by atoms with E-state index >= 15 is 0 Å². The molecule has 0 fully saturated rings. The van der Waals surface area contributed by atoms with Gasteiger partial charge >= 0.3 is 5.97 Å². The molecule has 0 amide bonds. The van der Waals surface area contributed by atoms with Gasteiger partial charge in [-0.05, 0) is 34.1 Å². The summed E-state index contributed by atoms with van der Waals surface area (Å²) in [6.45, 7) is 1.84. The van der Waals surface area contributed by atoms with Crippen LogP contribution < -0.4 is 4.72 Å². The molecule has 1 heterocycles. The molecule has 9 heteroatoms. The Bertz CT molecular complexity index is 786. The number of hydrogen-bond donors (Lipinski definition) is 3. The summed E-state index contributed by atoms with van der Waals surface area (Å²) in [5.41, 5.74) is 0.123. The number of carbonyl (C=O) groups is 1. The first-order valence-corrected chi connectivity index (χ1v) is 8.20. The molecule has 0 saturated heterocycles. The van der Waals surface area contributed by atoms with Gasteiger partial charge in [-0.15, -0.1) is 0 Å². The molecule has 1 aromatic carbocycles. The SMILES string of the molecule is CCc1ncc(S(=O)(=O)Nc2ccc(Br)c(C(=O)O)c2)[nH]1. The predicted octanol–water partition coefficient (Wildman–Crippen LogP) is 2.23. The molecule has 0 aliphatic heterocycles. The zero-order valence-corrected chi connectivity index (χ0v) is 13.3. The van der Waals surface area contributed by atoms with Crippen LogP contribution in [0.1, 0.15) is 23.1 Å². The highest BCUT2D eigenvalue weighted by Crippen LogP contribution is 2.23. The zero-order valence-electron chi connectivity index (χ0n) is 10.9. The Kier molecular flexibility index (Phi) is 4.33. The second kappa shape index (κ2) is 5.86. The predicted molar refractivity (Wildman–Crippen MR) is 79.9 cm³/mol. The minimum Gasteiger partial charge on any atom is -0.478 e. The quantitative estimate of drug-likeness (QED) is 0.743. The van der Waals surface area contributed by atoms with Crippen molar-refractivity contribution < 1.29 is 18.3 Å². The van der Waals surface area contributed by atoms with Gasteiger partial charge < -0.3 is 10.1 Å². The normalized spacial score (nSPS) is 11.3. The van der Waals surface area contributed by atoms with Crippen LogP contribution >= 0.6 is 15.9 Å². The van der Waals surface area contributed by atoms with E-state index in [2.05, 4.69) is 30.6 Å². The first kappa shape index (κ1) is 15.5. The number of benzene rings is 1. The molecular weight excluding hydrogens is 362 g/mol. The molecule has 2 rings (SSSR count). The summed E-state index contributed by atoms with van der Waals surface area (Å²) in [7, 11) is -3.83. The maximum atomic E-state index is 12.2.